The van der Waals surface area contributed by atoms with E-state index in [1.807, 2.05) is 0 Å². The van der Waals surface area contributed by atoms with Gasteiger partial charge in [-0.15, -0.1) is 0 Å². The molecule has 0 aliphatic heterocycles. The Labute approximate surface area is 118 Å². The molecule has 0 aromatic carbocycles. The molecule has 1 saturated carbocycles. The lowest BCUT2D eigenvalue weighted by atomic mass is 10.0. The Bertz CT molecular complexity index is 266. The van der Waals surface area contributed by atoms with Crippen LogP contribution in [-0.2, 0) is 4.79 Å². The van der Waals surface area contributed by atoms with E-state index in [4.69, 9.17) is 5.73 Å². The van der Waals surface area contributed by atoms with E-state index in [0.717, 1.165) is 51.7 Å². The van der Waals surface area contributed by atoms with Gasteiger partial charge in [0.25, 0.3) is 0 Å². The number of amides is 1. The molecule has 0 bridgehead atoms. The van der Waals surface area contributed by atoms with Gasteiger partial charge >= 0.3 is 0 Å². The Balaban J connectivity index is 2.19. The Morgan fingerprint density at radius 1 is 1.37 bits per heavy atom. The third-order valence-corrected chi connectivity index (χ3v) is 4.30. The van der Waals surface area contributed by atoms with Crippen LogP contribution in [0.1, 0.15) is 52.9 Å². The Hall–Kier alpha value is -0.610. The van der Waals surface area contributed by atoms with Crippen LogP contribution in [0.5, 0.6) is 0 Å². The molecule has 1 fully saturated rings. The van der Waals surface area contributed by atoms with E-state index in [1.165, 1.54) is 0 Å². The molecule has 0 saturated heterocycles. The monoisotopic (exact) mass is 269 g/mol. The van der Waals surface area contributed by atoms with Gasteiger partial charge in [0, 0.05) is 12.1 Å². The third-order valence-electron chi connectivity index (χ3n) is 4.30. The molecule has 3 N–H and O–H groups in total. The summed E-state index contributed by atoms with van der Waals surface area (Å²) < 4.78 is 0. The molecule has 0 spiro atoms. The first-order valence-electron chi connectivity index (χ1n) is 7.86. The van der Waals surface area contributed by atoms with Crippen LogP contribution in [-0.4, -0.2) is 42.5 Å². The van der Waals surface area contributed by atoms with E-state index >= 15 is 0 Å². The van der Waals surface area contributed by atoms with E-state index in [9.17, 15) is 4.79 Å². The molecule has 4 heteroatoms. The fourth-order valence-electron chi connectivity index (χ4n) is 2.90. The zero-order valence-electron chi connectivity index (χ0n) is 12.8. The minimum Gasteiger partial charge on any atom is -0.353 e. The van der Waals surface area contributed by atoms with Gasteiger partial charge in [0.05, 0.1) is 5.92 Å². The number of rotatable bonds is 8. The maximum atomic E-state index is 12.1. The summed E-state index contributed by atoms with van der Waals surface area (Å²) in [6.07, 6.45) is 5.23. The Kier molecular flexibility index (Phi) is 7.39. The van der Waals surface area contributed by atoms with Crippen molar-refractivity contribution in [2.24, 2.45) is 11.7 Å². The Morgan fingerprint density at radius 2 is 2.05 bits per heavy atom. The standard InChI is InChI=1S/C15H31N3O/c1-4-18(5-2)11-7-8-12(3)17-15(19)13-9-6-10-14(13)16/h12-14H,4-11,16H2,1-3H3,(H,17,19). The van der Waals surface area contributed by atoms with Crippen molar-refractivity contribution in [2.75, 3.05) is 19.6 Å². The summed E-state index contributed by atoms with van der Waals surface area (Å²) in [5, 5.41) is 3.12. The number of hydrogen-bond donors (Lipinski definition) is 2. The molecule has 1 rings (SSSR count). The number of nitrogens with zero attached hydrogens (tertiary/aromatic N) is 1. The average molecular weight is 269 g/mol. The third kappa shape index (κ3) is 5.49. The van der Waals surface area contributed by atoms with Crippen LogP contribution < -0.4 is 11.1 Å². The molecule has 1 aliphatic carbocycles. The molecule has 3 atom stereocenters. The molecular weight excluding hydrogens is 238 g/mol. The van der Waals surface area contributed by atoms with Crippen molar-refractivity contribution in [3.63, 3.8) is 0 Å². The molecule has 1 aliphatic rings. The summed E-state index contributed by atoms with van der Waals surface area (Å²) in [6, 6.07) is 0.332. The number of carbonyl (C=O) groups excluding carboxylic acids is 1. The lowest BCUT2D eigenvalue weighted by molar-refractivity contribution is -0.125. The van der Waals surface area contributed by atoms with Crippen LogP contribution in [0.4, 0.5) is 0 Å². The molecule has 0 aromatic heterocycles. The first-order valence-corrected chi connectivity index (χ1v) is 7.86. The Morgan fingerprint density at radius 3 is 2.58 bits per heavy atom. The van der Waals surface area contributed by atoms with Gasteiger partial charge in [-0.25, -0.2) is 0 Å². The molecule has 1 amide bonds. The van der Waals surface area contributed by atoms with Crippen molar-refractivity contribution in [3.05, 3.63) is 0 Å². The smallest absolute Gasteiger partial charge is 0.224 e. The van der Waals surface area contributed by atoms with Gasteiger partial charge in [-0.1, -0.05) is 20.3 Å². The van der Waals surface area contributed by atoms with E-state index in [2.05, 4.69) is 31.0 Å². The summed E-state index contributed by atoms with van der Waals surface area (Å²) in [6.45, 7) is 9.81. The highest BCUT2D eigenvalue weighted by Gasteiger charge is 2.30. The van der Waals surface area contributed by atoms with Crippen LogP contribution in [0.3, 0.4) is 0 Å². The zero-order chi connectivity index (χ0) is 14.3. The minimum atomic E-state index is 0.0465. The van der Waals surface area contributed by atoms with Gasteiger partial charge in [-0.05, 0) is 52.2 Å². The van der Waals surface area contributed by atoms with Crippen molar-refractivity contribution >= 4 is 5.91 Å². The van der Waals surface area contributed by atoms with Gasteiger partial charge in [-0.2, -0.15) is 0 Å². The van der Waals surface area contributed by atoms with Crippen molar-refractivity contribution < 1.29 is 4.79 Å². The van der Waals surface area contributed by atoms with E-state index in [1.54, 1.807) is 0 Å². The van der Waals surface area contributed by atoms with Crippen molar-refractivity contribution in [1.82, 2.24) is 10.2 Å². The molecule has 0 radical (unpaired) electrons. The summed E-state index contributed by atoms with van der Waals surface area (Å²) >= 11 is 0. The number of nitrogens with two attached hydrogens (primary N) is 1. The maximum absolute atomic E-state index is 12.1. The molecular formula is C15H31N3O. The molecule has 0 heterocycles. The van der Waals surface area contributed by atoms with Crippen LogP contribution >= 0.6 is 0 Å². The SMILES string of the molecule is CCN(CC)CCCC(C)NC(=O)C1CCCC1N. The largest absolute Gasteiger partial charge is 0.353 e. The second-order valence-electron chi connectivity index (χ2n) is 5.78. The van der Waals surface area contributed by atoms with E-state index in [0.29, 0.717) is 0 Å². The first kappa shape index (κ1) is 16.4. The number of nitrogens with one attached hydrogen (secondary N) is 1. The lowest BCUT2D eigenvalue weighted by Gasteiger charge is -2.21. The fraction of sp³-hybridized carbons (Fsp3) is 0.933. The predicted octanol–water partition coefficient (Wildman–Crippen LogP) is 1.74. The highest BCUT2D eigenvalue weighted by Crippen LogP contribution is 2.24. The molecule has 112 valence electrons. The second kappa shape index (κ2) is 8.54. The summed E-state index contributed by atoms with van der Waals surface area (Å²) in [5.74, 6) is 0.213. The van der Waals surface area contributed by atoms with Gasteiger partial charge in [0.15, 0.2) is 0 Å². The number of carbonyl (C=O) groups is 1. The fourth-order valence-corrected chi connectivity index (χ4v) is 2.90. The van der Waals surface area contributed by atoms with Crippen molar-refractivity contribution in [2.45, 2.75) is 65.0 Å². The highest BCUT2D eigenvalue weighted by molar-refractivity contribution is 5.79. The van der Waals surface area contributed by atoms with Crippen LogP contribution in [0.15, 0.2) is 0 Å². The van der Waals surface area contributed by atoms with Gasteiger partial charge < -0.3 is 16.0 Å². The summed E-state index contributed by atoms with van der Waals surface area (Å²) in [7, 11) is 0. The zero-order valence-corrected chi connectivity index (χ0v) is 12.8. The van der Waals surface area contributed by atoms with Gasteiger partial charge in [0.1, 0.15) is 0 Å². The highest BCUT2D eigenvalue weighted by atomic mass is 16.2. The first-order chi connectivity index (χ1) is 9.08. The lowest BCUT2D eigenvalue weighted by Crippen LogP contribution is -2.42. The molecule has 3 unspecified atom stereocenters. The average Bonchev–Trinajstić information content (AvgIpc) is 2.81. The van der Waals surface area contributed by atoms with E-state index in [-0.39, 0.29) is 23.9 Å². The summed E-state index contributed by atoms with van der Waals surface area (Å²) in [4.78, 5) is 14.5. The van der Waals surface area contributed by atoms with Crippen LogP contribution in [0.25, 0.3) is 0 Å². The van der Waals surface area contributed by atoms with Gasteiger partial charge in [0.2, 0.25) is 5.91 Å². The molecule has 0 aromatic rings. The second-order valence-corrected chi connectivity index (χ2v) is 5.78. The quantitative estimate of drug-likeness (QED) is 0.705. The minimum absolute atomic E-state index is 0.0465. The maximum Gasteiger partial charge on any atom is 0.224 e. The van der Waals surface area contributed by atoms with E-state index < -0.39 is 0 Å². The van der Waals surface area contributed by atoms with Crippen molar-refractivity contribution in [3.8, 4) is 0 Å². The number of hydrogen-bond acceptors (Lipinski definition) is 3. The van der Waals surface area contributed by atoms with Gasteiger partial charge in [-0.3, -0.25) is 4.79 Å². The van der Waals surface area contributed by atoms with Crippen LogP contribution in [0.2, 0.25) is 0 Å². The molecule has 4 nitrogen and oxygen atoms in total. The van der Waals surface area contributed by atoms with Crippen LogP contribution in [0, 0.1) is 5.92 Å². The summed E-state index contributed by atoms with van der Waals surface area (Å²) in [5.41, 5.74) is 5.96. The predicted molar refractivity (Wildman–Crippen MR) is 79.9 cm³/mol. The van der Waals surface area contributed by atoms with Crippen molar-refractivity contribution in [1.29, 1.82) is 0 Å². The topological polar surface area (TPSA) is 58.4 Å². The normalized spacial score (nSPS) is 24.7. The molecule has 19 heavy (non-hydrogen) atoms.